The Hall–Kier alpha value is -1.72. The molecule has 0 heterocycles. The van der Waals surface area contributed by atoms with Gasteiger partial charge < -0.3 is 10.0 Å². The monoisotopic (exact) mass is 144 g/mol. The fourth-order valence-electron chi connectivity index (χ4n) is 0.217. The van der Waals surface area contributed by atoms with Crippen molar-refractivity contribution in [3.63, 3.8) is 0 Å². The first kappa shape index (κ1) is 8.28. The van der Waals surface area contributed by atoms with E-state index in [2.05, 4.69) is 15.1 Å². The highest BCUT2D eigenvalue weighted by Crippen LogP contribution is 1.71. The van der Waals surface area contributed by atoms with Crippen molar-refractivity contribution in [2.24, 2.45) is 10.3 Å². The summed E-state index contributed by atoms with van der Waals surface area (Å²) in [4.78, 5) is 23.2. The molecule has 0 spiro atoms. The summed E-state index contributed by atoms with van der Waals surface area (Å²) in [6, 6.07) is 0. The van der Waals surface area contributed by atoms with E-state index >= 15 is 0 Å². The van der Waals surface area contributed by atoms with Gasteiger partial charge in [-0.2, -0.15) is 0 Å². The molecule has 0 aliphatic rings. The van der Waals surface area contributed by atoms with Gasteiger partial charge in [-0.15, -0.1) is 0 Å². The Labute approximate surface area is 55.8 Å². The van der Waals surface area contributed by atoms with Gasteiger partial charge in [0.2, 0.25) is 0 Å². The number of carbonyl (C=O) groups is 2. The molecule has 0 aromatic rings. The molecule has 0 unspecified atom stereocenters. The molecule has 0 aromatic heterocycles. The summed E-state index contributed by atoms with van der Waals surface area (Å²) < 4.78 is 0. The summed E-state index contributed by atoms with van der Waals surface area (Å²) in [6.07, 6.45) is 1.000. The number of carbonyl (C=O) groups excluding carboxylic acids is 2. The maximum absolute atomic E-state index is 9.87. The summed E-state index contributed by atoms with van der Waals surface area (Å²) in [5.74, 6) is 0. The van der Waals surface area contributed by atoms with Crippen molar-refractivity contribution < 1.29 is 19.6 Å². The van der Waals surface area contributed by atoms with Crippen LogP contribution in [0.2, 0.25) is 0 Å². The minimum atomic E-state index is -0.283. The van der Waals surface area contributed by atoms with Gasteiger partial charge in [0.25, 0.3) is 0 Å². The number of nitrogens with zero attached hydrogens (tertiary/aromatic N) is 2. The molecule has 0 amide bonds. The molecule has 0 saturated heterocycles. The number of aldehydes is 1. The van der Waals surface area contributed by atoms with Crippen LogP contribution in [0.15, 0.2) is 10.3 Å². The van der Waals surface area contributed by atoms with E-state index in [-0.39, 0.29) is 18.5 Å². The van der Waals surface area contributed by atoms with Crippen LogP contribution in [-0.2, 0) is 14.4 Å². The van der Waals surface area contributed by atoms with Crippen LogP contribution < -0.4 is 0 Å². The lowest BCUT2D eigenvalue weighted by molar-refractivity contribution is -0.128. The van der Waals surface area contributed by atoms with Gasteiger partial charge in [-0.25, -0.2) is 0 Å². The Morgan fingerprint density at radius 2 is 2.20 bits per heavy atom. The zero-order chi connectivity index (χ0) is 7.82. The van der Waals surface area contributed by atoms with E-state index in [1.807, 2.05) is 0 Å². The van der Waals surface area contributed by atoms with Crippen molar-refractivity contribution in [1.82, 2.24) is 0 Å². The van der Waals surface area contributed by atoms with Crippen LogP contribution in [0, 0.1) is 0 Å². The zero-order valence-corrected chi connectivity index (χ0v) is 4.80. The summed E-state index contributed by atoms with van der Waals surface area (Å²) in [7, 11) is 0. The molecule has 1 N–H and O–H groups in total. The van der Waals surface area contributed by atoms with Gasteiger partial charge in [0.05, 0.1) is 6.21 Å². The standard InChI is InChI=1S/C4H4N2O4/c7-2-4(1-5-9)6-10-3-8/h1-3,9H. The van der Waals surface area contributed by atoms with Gasteiger partial charge in [0.15, 0.2) is 12.0 Å². The molecule has 0 fully saturated rings. The highest BCUT2D eigenvalue weighted by molar-refractivity contribution is 6.54. The summed E-state index contributed by atoms with van der Waals surface area (Å²) in [6.45, 7) is 0.0364. The van der Waals surface area contributed by atoms with Crippen LogP contribution >= 0.6 is 0 Å². The van der Waals surface area contributed by atoms with E-state index in [1.54, 1.807) is 0 Å². The topological polar surface area (TPSA) is 88.3 Å². The summed E-state index contributed by atoms with van der Waals surface area (Å²) in [5.41, 5.74) is -0.283. The molecular formula is C4H4N2O4. The second-order valence-electron chi connectivity index (χ2n) is 1.08. The molecule has 6 heteroatoms. The van der Waals surface area contributed by atoms with Gasteiger partial charge in [-0.3, -0.25) is 9.59 Å². The fourth-order valence-corrected chi connectivity index (χ4v) is 0.217. The predicted octanol–water partition coefficient (Wildman–Crippen LogP) is -0.826. The highest BCUT2D eigenvalue weighted by atomic mass is 16.7. The van der Waals surface area contributed by atoms with Gasteiger partial charge in [0, 0.05) is 0 Å². The van der Waals surface area contributed by atoms with E-state index in [0.717, 1.165) is 6.21 Å². The molecule has 0 saturated carbocycles. The third kappa shape index (κ3) is 3.30. The van der Waals surface area contributed by atoms with E-state index in [9.17, 15) is 9.59 Å². The normalized spacial score (nSPS) is 11.4. The van der Waals surface area contributed by atoms with Crippen molar-refractivity contribution in [2.45, 2.75) is 0 Å². The largest absolute Gasteiger partial charge is 0.411 e. The fraction of sp³-hybridized carbons (Fsp3) is 0. The average Bonchev–Trinajstić information content (AvgIpc) is 1.98. The number of oxime groups is 2. The first-order valence-corrected chi connectivity index (χ1v) is 2.15. The third-order valence-electron chi connectivity index (χ3n) is 0.512. The van der Waals surface area contributed by atoms with Crippen molar-refractivity contribution >= 4 is 24.7 Å². The van der Waals surface area contributed by atoms with E-state index in [0.29, 0.717) is 0 Å². The van der Waals surface area contributed by atoms with Crippen LogP contribution in [0.4, 0.5) is 0 Å². The van der Waals surface area contributed by atoms with E-state index in [1.165, 1.54) is 0 Å². The molecule has 0 aliphatic carbocycles. The van der Waals surface area contributed by atoms with Crippen molar-refractivity contribution in [3.8, 4) is 0 Å². The van der Waals surface area contributed by atoms with Crippen molar-refractivity contribution in [3.05, 3.63) is 0 Å². The maximum Gasteiger partial charge on any atom is 0.323 e. The van der Waals surface area contributed by atoms with E-state index in [4.69, 9.17) is 5.21 Å². The van der Waals surface area contributed by atoms with Crippen LogP contribution in [-0.4, -0.2) is 29.9 Å². The SMILES string of the molecule is O=CON=C(C=O)C=NO. The Balaban J connectivity index is 4.02. The van der Waals surface area contributed by atoms with Gasteiger partial charge in [0.1, 0.15) is 0 Å². The summed E-state index contributed by atoms with van der Waals surface area (Å²) in [5, 5.41) is 13.3. The second kappa shape index (κ2) is 5.42. The molecule has 0 aliphatic heterocycles. The first-order chi connectivity index (χ1) is 4.85. The molecular weight excluding hydrogens is 140 g/mol. The van der Waals surface area contributed by atoms with Crippen LogP contribution in [0.3, 0.4) is 0 Å². The maximum atomic E-state index is 9.87. The molecule has 10 heavy (non-hydrogen) atoms. The number of hydrogen-bond donors (Lipinski definition) is 1. The lowest BCUT2D eigenvalue weighted by Crippen LogP contribution is -2.01. The van der Waals surface area contributed by atoms with Crippen LogP contribution in [0.5, 0.6) is 0 Å². The van der Waals surface area contributed by atoms with Gasteiger partial charge in [-0.05, 0) is 0 Å². The average molecular weight is 144 g/mol. The number of rotatable bonds is 4. The number of hydrogen-bond acceptors (Lipinski definition) is 6. The summed E-state index contributed by atoms with van der Waals surface area (Å²) >= 11 is 0. The third-order valence-corrected chi connectivity index (χ3v) is 0.512. The van der Waals surface area contributed by atoms with Gasteiger partial charge >= 0.3 is 6.47 Å². The molecule has 0 bridgehead atoms. The Morgan fingerprint density at radius 1 is 1.50 bits per heavy atom. The minimum absolute atomic E-state index is 0.0364. The molecule has 54 valence electrons. The smallest absolute Gasteiger partial charge is 0.323 e. The minimum Gasteiger partial charge on any atom is -0.411 e. The van der Waals surface area contributed by atoms with E-state index < -0.39 is 0 Å². The molecule has 0 rings (SSSR count). The predicted molar refractivity (Wildman–Crippen MR) is 30.9 cm³/mol. The Morgan fingerprint density at radius 3 is 2.60 bits per heavy atom. The zero-order valence-electron chi connectivity index (χ0n) is 4.80. The van der Waals surface area contributed by atoms with Crippen LogP contribution in [0.1, 0.15) is 0 Å². The first-order valence-electron chi connectivity index (χ1n) is 2.15. The van der Waals surface area contributed by atoms with Crippen LogP contribution in [0.25, 0.3) is 0 Å². The van der Waals surface area contributed by atoms with Crippen molar-refractivity contribution in [1.29, 1.82) is 0 Å². The quantitative estimate of drug-likeness (QED) is 0.183. The Kier molecular flexibility index (Phi) is 4.49. The second-order valence-corrected chi connectivity index (χ2v) is 1.08. The Bertz CT molecular complexity index is 174. The van der Waals surface area contributed by atoms with Gasteiger partial charge in [-0.1, -0.05) is 10.3 Å². The molecule has 0 aromatic carbocycles. The highest BCUT2D eigenvalue weighted by Gasteiger charge is 1.90. The molecule has 6 nitrogen and oxygen atoms in total. The lowest BCUT2D eigenvalue weighted by Gasteiger charge is -1.83. The molecule has 0 radical (unpaired) electrons. The lowest BCUT2D eigenvalue weighted by atomic mass is 10.5. The molecule has 0 atom stereocenters. The van der Waals surface area contributed by atoms with Crippen molar-refractivity contribution in [2.75, 3.05) is 0 Å².